The summed E-state index contributed by atoms with van der Waals surface area (Å²) < 4.78 is 0. The third kappa shape index (κ3) is 2.23. The van der Waals surface area contributed by atoms with E-state index < -0.39 is 0 Å². The van der Waals surface area contributed by atoms with Crippen LogP contribution in [0.25, 0.3) is 0 Å². The van der Waals surface area contributed by atoms with Gasteiger partial charge in [-0.1, -0.05) is 19.8 Å². The number of hydrogen-bond acceptors (Lipinski definition) is 1. The molecule has 96 valence electrons. The second kappa shape index (κ2) is 4.29. The predicted molar refractivity (Wildman–Crippen MR) is 68.5 cm³/mol. The molecule has 17 heavy (non-hydrogen) atoms. The van der Waals surface area contributed by atoms with E-state index >= 15 is 0 Å². The second-order valence-corrected chi connectivity index (χ2v) is 6.70. The van der Waals surface area contributed by atoms with E-state index in [9.17, 15) is 4.79 Å². The lowest BCUT2D eigenvalue weighted by Gasteiger charge is -2.28. The summed E-state index contributed by atoms with van der Waals surface area (Å²) in [7, 11) is 0. The molecule has 3 aliphatic rings. The van der Waals surface area contributed by atoms with E-state index in [2.05, 4.69) is 12.2 Å². The maximum Gasteiger partial charge on any atom is 0.223 e. The minimum absolute atomic E-state index is 0.356. The highest BCUT2D eigenvalue weighted by molar-refractivity contribution is 5.79. The highest BCUT2D eigenvalue weighted by atomic mass is 16.1. The van der Waals surface area contributed by atoms with Crippen molar-refractivity contribution in [3.63, 3.8) is 0 Å². The average Bonchev–Trinajstić information content (AvgIpc) is 2.82. The van der Waals surface area contributed by atoms with Crippen molar-refractivity contribution in [1.82, 2.24) is 5.32 Å². The summed E-state index contributed by atoms with van der Waals surface area (Å²) in [4.78, 5) is 12.1. The van der Waals surface area contributed by atoms with E-state index in [0.717, 1.165) is 18.4 Å². The molecule has 0 aromatic carbocycles. The van der Waals surface area contributed by atoms with Gasteiger partial charge in [0, 0.05) is 12.5 Å². The second-order valence-electron chi connectivity index (χ2n) is 6.70. The predicted octanol–water partition coefficient (Wildman–Crippen LogP) is 3.12. The maximum atomic E-state index is 12.1. The molecule has 0 saturated heterocycles. The van der Waals surface area contributed by atoms with E-state index in [1.54, 1.807) is 0 Å². The molecule has 0 bridgehead atoms. The van der Waals surface area contributed by atoms with E-state index in [4.69, 9.17) is 0 Å². The number of carbonyl (C=O) groups excluding carboxylic acids is 1. The van der Waals surface area contributed by atoms with Crippen LogP contribution in [-0.2, 0) is 4.79 Å². The van der Waals surface area contributed by atoms with Crippen LogP contribution < -0.4 is 5.32 Å². The summed E-state index contributed by atoms with van der Waals surface area (Å²) in [6.07, 6.45) is 10.3. The highest BCUT2D eigenvalue weighted by Crippen LogP contribution is 2.54. The zero-order chi connectivity index (χ0) is 11.9. The van der Waals surface area contributed by atoms with Gasteiger partial charge in [0.1, 0.15) is 0 Å². The van der Waals surface area contributed by atoms with Crippen LogP contribution in [0.2, 0.25) is 0 Å². The number of rotatable bonds is 4. The Morgan fingerprint density at radius 3 is 2.41 bits per heavy atom. The number of amides is 1. The van der Waals surface area contributed by atoms with E-state index in [1.165, 1.54) is 51.4 Å². The summed E-state index contributed by atoms with van der Waals surface area (Å²) in [6, 6.07) is 0. The van der Waals surface area contributed by atoms with E-state index in [0.29, 0.717) is 17.2 Å². The molecule has 0 radical (unpaired) electrons. The van der Waals surface area contributed by atoms with Crippen molar-refractivity contribution < 1.29 is 4.79 Å². The topological polar surface area (TPSA) is 29.1 Å². The van der Waals surface area contributed by atoms with Crippen molar-refractivity contribution in [3.8, 4) is 0 Å². The van der Waals surface area contributed by atoms with Gasteiger partial charge in [-0.2, -0.15) is 0 Å². The first-order valence-electron chi connectivity index (χ1n) is 7.50. The normalized spacial score (nSPS) is 37.8. The molecule has 0 aliphatic heterocycles. The molecule has 2 atom stereocenters. The maximum absolute atomic E-state index is 12.1. The Kier molecular flexibility index (Phi) is 2.92. The van der Waals surface area contributed by atoms with Crippen LogP contribution >= 0.6 is 0 Å². The van der Waals surface area contributed by atoms with Gasteiger partial charge in [-0.15, -0.1) is 0 Å². The standard InChI is InChI=1S/C15H25NO/c1-2-15(5-3-4-6-15)10-16-14(17)13-8-11-7-12(11)9-13/h11-13H,2-10H2,1H3,(H,16,17). The molecule has 3 saturated carbocycles. The first-order valence-corrected chi connectivity index (χ1v) is 7.50. The van der Waals surface area contributed by atoms with Crippen LogP contribution in [-0.4, -0.2) is 12.5 Å². The van der Waals surface area contributed by atoms with Gasteiger partial charge < -0.3 is 5.32 Å². The lowest BCUT2D eigenvalue weighted by Crippen LogP contribution is -2.38. The highest BCUT2D eigenvalue weighted by Gasteiger charge is 2.48. The fourth-order valence-electron chi connectivity index (χ4n) is 4.13. The summed E-state index contributed by atoms with van der Waals surface area (Å²) in [5.74, 6) is 2.54. The third-order valence-electron chi connectivity index (χ3n) is 5.67. The van der Waals surface area contributed by atoms with Crippen molar-refractivity contribution in [2.75, 3.05) is 6.54 Å². The Bertz CT molecular complexity index is 296. The lowest BCUT2D eigenvalue weighted by molar-refractivity contribution is -0.125. The number of hydrogen-bond donors (Lipinski definition) is 1. The Morgan fingerprint density at radius 1 is 1.18 bits per heavy atom. The molecule has 3 rings (SSSR count). The minimum Gasteiger partial charge on any atom is -0.355 e. The van der Waals surface area contributed by atoms with E-state index in [1.807, 2.05) is 0 Å². The largest absolute Gasteiger partial charge is 0.355 e. The molecule has 2 heteroatoms. The first-order chi connectivity index (χ1) is 8.22. The number of fused-ring (bicyclic) bond motifs is 1. The van der Waals surface area contributed by atoms with Gasteiger partial charge in [-0.3, -0.25) is 4.79 Å². The fraction of sp³-hybridized carbons (Fsp3) is 0.933. The van der Waals surface area contributed by atoms with Crippen molar-refractivity contribution >= 4 is 5.91 Å². The molecule has 0 aromatic rings. The summed E-state index contributed by atoms with van der Waals surface area (Å²) >= 11 is 0. The van der Waals surface area contributed by atoms with Crippen LogP contribution in [0.3, 0.4) is 0 Å². The summed E-state index contributed by atoms with van der Waals surface area (Å²) in [5, 5.41) is 3.26. The van der Waals surface area contributed by atoms with Crippen LogP contribution in [0.5, 0.6) is 0 Å². The molecule has 2 nitrogen and oxygen atoms in total. The third-order valence-corrected chi connectivity index (χ3v) is 5.67. The molecule has 1 amide bonds. The van der Waals surface area contributed by atoms with Gasteiger partial charge in [0.2, 0.25) is 5.91 Å². The molecule has 0 heterocycles. The van der Waals surface area contributed by atoms with Gasteiger partial charge in [0.05, 0.1) is 0 Å². The Morgan fingerprint density at radius 2 is 1.82 bits per heavy atom. The Balaban J connectivity index is 1.48. The molecule has 3 fully saturated rings. The smallest absolute Gasteiger partial charge is 0.223 e. The number of carbonyl (C=O) groups is 1. The molecule has 3 aliphatic carbocycles. The summed E-state index contributed by atoms with van der Waals surface area (Å²) in [5.41, 5.74) is 0.442. The minimum atomic E-state index is 0.356. The monoisotopic (exact) mass is 235 g/mol. The van der Waals surface area contributed by atoms with Gasteiger partial charge in [-0.05, 0) is 55.8 Å². The quantitative estimate of drug-likeness (QED) is 0.797. The fourth-order valence-corrected chi connectivity index (χ4v) is 4.13. The van der Waals surface area contributed by atoms with Crippen molar-refractivity contribution in [3.05, 3.63) is 0 Å². The zero-order valence-corrected chi connectivity index (χ0v) is 11.0. The van der Waals surface area contributed by atoms with Crippen LogP contribution in [0, 0.1) is 23.2 Å². The van der Waals surface area contributed by atoms with Crippen LogP contribution in [0.15, 0.2) is 0 Å². The van der Waals surface area contributed by atoms with Crippen molar-refractivity contribution in [2.45, 2.75) is 58.3 Å². The van der Waals surface area contributed by atoms with Gasteiger partial charge in [0.15, 0.2) is 0 Å². The Hall–Kier alpha value is -0.530. The molecule has 0 spiro atoms. The van der Waals surface area contributed by atoms with Gasteiger partial charge in [0.25, 0.3) is 0 Å². The molecule has 1 N–H and O–H groups in total. The average molecular weight is 235 g/mol. The molecule has 2 unspecified atom stereocenters. The SMILES string of the molecule is CCC1(CNC(=O)C2CC3CC3C2)CCCC1. The van der Waals surface area contributed by atoms with Crippen LogP contribution in [0.4, 0.5) is 0 Å². The molecular weight excluding hydrogens is 210 g/mol. The van der Waals surface area contributed by atoms with Crippen molar-refractivity contribution in [2.24, 2.45) is 23.2 Å². The van der Waals surface area contributed by atoms with E-state index in [-0.39, 0.29) is 0 Å². The van der Waals surface area contributed by atoms with Crippen molar-refractivity contribution in [1.29, 1.82) is 0 Å². The zero-order valence-electron chi connectivity index (χ0n) is 11.0. The van der Waals surface area contributed by atoms with Crippen LogP contribution in [0.1, 0.15) is 58.3 Å². The molecule has 0 aromatic heterocycles. The Labute approximate surface area is 105 Å². The number of nitrogens with one attached hydrogen (secondary N) is 1. The summed E-state index contributed by atoms with van der Waals surface area (Å²) in [6.45, 7) is 3.22. The first kappa shape index (κ1) is 11.6. The van der Waals surface area contributed by atoms with Gasteiger partial charge >= 0.3 is 0 Å². The van der Waals surface area contributed by atoms with Gasteiger partial charge in [-0.25, -0.2) is 0 Å². The molecular formula is C15H25NO. The lowest BCUT2D eigenvalue weighted by atomic mass is 9.83.